The lowest BCUT2D eigenvalue weighted by atomic mass is 10.2. The van der Waals surface area contributed by atoms with Crippen molar-refractivity contribution in [1.82, 2.24) is 9.21 Å². The third kappa shape index (κ3) is 4.95. The molecule has 0 aromatic heterocycles. The van der Waals surface area contributed by atoms with Crippen LogP contribution in [0.15, 0.2) is 29.2 Å². The standard InChI is InChI=1S/C17H25BrN2O4S/c1-13-12-19(9-10-20(13)16(21)24-17(2,3)4)25(22,23)15-7-5-14(11-18)6-8-15/h5-8,13H,9-12H2,1-4H3/t13-/m0/s1. The molecular weight excluding hydrogens is 408 g/mol. The molecule has 0 saturated carbocycles. The fourth-order valence-electron chi connectivity index (χ4n) is 2.63. The number of amides is 1. The number of ether oxygens (including phenoxy) is 1. The molecule has 8 heteroatoms. The zero-order valence-electron chi connectivity index (χ0n) is 15.0. The van der Waals surface area contributed by atoms with Gasteiger partial charge in [0.2, 0.25) is 10.0 Å². The highest BCUT2D eigenvalue weighted by molar-refractivity contribution is 9.08. The van der Waals surface area contributed by atoms with Gasteiger partial charge in [-0.05, 0) is 45.4 Å². The van der Waals surface area contributed by atoms with Gasteiger partial charge in [0, 0.05) is 31.0 Å². The molecule has 0 radical (unpaired) electrons. The Bertz CT molecular complexity index is 713. The molecule has 0 unspecified atom stereocenters. The normalized spacial score (nSPS) is 19.7. The Labute approximate surface area is 158 Å². The van der Waals surface area contributed by atoms with Crippen LogP contribution in [0.5, 0.6) is 0 Å². The molecule has 1 atom stereocenters. The molecule has 1 aromatic rings. The van der Waals surface area contributed by atoms with Crippen LogP contribution < -0.4 is 0 Å². The van der Waals surface area contributed by atoms with Crippen LogP contribution in [0.25, 0.3) is 0 Å². The van der Waals surface area contributed by atoms with Crippen molar-refractivity contribution in [3.8, 4) is 0 Å². The summed E-state index contributed by atoms with van der Waals surface area (Å²) >= 11 is 3.35. The topological polar surface area (TPSA) is 66.9 Å². The average molecular weight is 433 g/mol. The highest BCUT2D eigenvalue weighted by Crippen LogP contribution is 2.22. The number of sulfonamides is 1. The Morgan fingerprint density at radius 1 is 1.24 bits per heavy atom. The molecule has 25 heavy (non-hydrogen) atoms. The van der Waals surface area contributed by atoms with E-state index in [9.17, 15) is 13.2 Å². The van der Waals surface area contributed by atoms with E-state index in [1.165, 1.54) is 4.31 Å². The fourth-order valence-corrected chi connectivity index (χ4v) is 4.52. The molecule has 140 valence electrons. The lowest BCUT2D eigenvalue weighted by Gasteiger charge is -2.39. The van der Waals surface area contributed by atoms with Crippen LogP contribution in [0.4, 0.5) is 4.79 Å². The van der Waals surface area contributed by atoms with Crippen molar-refractivity contribution in [2.24, 2.45) is 0 Å². The summed E-state index contributed by atoms with van der Waals surface area (Å²) in [6, 6.07) is 6.58. The van der Waals surface area contributed by atoms with Gasteiger partial charge in [-0.25, -0.2) is 13.2 Å². The van der Waals surface area contributed by atoms with Crippen molar-refractivity contribution in [3.63, 3.8) is 0 Å². The summed E-state index contributed by atoms with van der Waals surface area (Å²) in [5.41, 5.74) is 0.444. The fraction of sp³-hybridized carbons (Fsp3) is 0.588. The molecule has 1 aromatic carbocycles. The first-order chi connectivity index (χ1) is 11.5. The van der Waals surface area contributed by atoms with Gasteiger partial charge in [0.1, 0.15) is 5.60 Å². The molecule has 1 aliphatic rings. The minimum absolute atomic E-state index is 0.250. The number of hydrogen-bond donors (Lipinski definition) is 0. The molecule has 0 bridgehead atoms. The maximum Gasteiger partial charge on any atom is 0.410 e. The van der Waals surface area contributed by atoms with Gasteiger partial charge in [-0.15, -0.1) is 0 Å². The Kier molecular flexibility index (Phi) is 6.17. The first-order valence-electron chi connectivity index (χ1n) is 8.19. The molecule has 1 heterocycles. The van der Waals surface area contributed by atoms with Gasteiger partial charge in [0.05, 0.1) is 4.90 Å². The molecule has 1 amide bonds. The first kappa shape index (κ1) is 20.2. The minimum Gasteiger partial charge on any atom is -0.444 e. The highest BCUT2D eigenvalue weighted by Gasteiger charge is 2.35. The minimum atomic E-state index is -3.56. The molecule has 0 N–H and O–H groups in total. The van der Waals surface area contributed by atoms with Gasteiger partial charge in [0.15, 0.2) is 0 Å². The predicted octanol–water partition coefficient (Wildman–Crippen LogP) is 3.21. The molecule has 6 nitrogen and oxygen atoms in total. The Hall–Kier alpha value is -1.12. The van der Waals surface area contributed by atoms with Crippen molar-refractivity contribution < 1.29 is 17.9 Å². The number of rotatable bonds is 3. The molecule has 0 spiro atoms. The van der Waals surface area contributed by atoms with Crippen LogP contribution in [0.3, 0.4) is 0 Å². The van der Waals surface area contributed by atoms with Crippen LogP contribution in [0.2, 0.25) is 0 Å². The van der Waals surface area contributed by atoms with E-state index in [1.54, 1.807) is 29.2 Å². The second kappa shape index (κ2) is 7.63. The predicted molar refractivity (Wildman–Crippen MR) is 100 cm³/mol. The third-order valence-corrected chi connectivity index (χ3v) is 6.46. The van der Waals surface area contributed by atoms with Crippen LogP contribution >= 0.6 is 15.9 Å². The maximum absolute atomic E-state index is 12.8. The van der Waals surface area contributed by atoms with Crippen LogP contribution in [0.1, 0.15) is 33.3 Å². The number of carbonyl (C=O) groups excluding carboxylic acids is 1. The van der Waals surface area contributed by atoms with Crippen molar-refractivity contribution in [3.05, 3.63) is 29.8 Å². The van der Waals surface area contributed by atoms with Gasteiger partial charge in [-0.3, -0.25) is 0 Å². The Balaban J connectivity index is 2.09. The summed E-state index contributed by atoms with van der Waals surface area (Å²) in [6.45, 7) is 8.09. The van der Waals surface area contributed by atoms with E-state index in [-0.39, 0.29) is 24.0 Å². The van der Waals surface area contributed by atoms with E-state index >= 15 is 0 Å². The lowest BCUT2D eigenvalue weighted by molar-refractivity contribution is 0.00859. The number of nitrogens with zero attached hydrogens (tertiary/aromatic N) is 2. The van der Waals surface area contributed by atoms with E-state index in [2.05, 4.69) is 15.9 Å². The van der Waals surface area contributed by atoms with Crippen molar-refractivity contribution in [1.29, 1.82) is 0 Å². The van der Waals surface area contributed by atoms with Crippen molar-refractivity contribution >= 4 is 32.0 Å². The summed E-state index contributed by atoms with van der Waals surface area (Å²) in [5.74, 6) is 0. The molecular formula is C17H25BrN2O4S. The maximum atomic E-state index is 12.8. The Morgan fingerprint density at radius 3 is 2.32 bits per heavy atom. The van der Waals surface area contributed by atoms with Gasteiger partial charge in [-0.2, -0.15) is 4.31 Å². The summed E-state index contributed by atoms with van der Waals surface area (Å²) in [6.07, 6.45) is -0.404. The number of benzene rings is 1. The smallest absolute Gasteiger partial charge is 0.410 e. The average Bonchev–Trinajstić information content (AvgIpc) is 2.53. The van der Waals surface area contributed by atoms with Crippen LogP contribution in [0, 0.1) is 0 Å². The number of alkyl halides is 1. The summed E-state index contributed by atoms with van der Waals surface area (Å²) in [4.78, 5) is 14.1. The number of hydrogen-bond acceptors (Lipinski definition) is 4. The molecule has 1 saturated heterocycles. The Morgan fingerprint density at radius 2 is 1.84 bits per heavy atom. The number of halogens is 1. The van der Waals surface area contributed by atoms with E-state index < -0.39 is 21.7 Å². The SMILES string of the molecule is C[C@H]1CN(S(=O)(=O)c2ccc(CBr)cc2)CCN1C(=O)OC(C)(C)C. The van der Waals surface area contributed by atoms with Gasteiger partial charge in [-0.1, -0.05) is 28.1 Å². The zero-order chi connectivity index (χ0) is 18.8. The second-order valence-electron chi connectivity index (χ2n) is 7.16. The monoisotopic (exact) mass is 432 g/mol. The zero-order valence-corrected chi connectivity index (χ0v) is 17.4. The quantitative estimate of drug-likeness (QED) is 0.687. The van der Waals surface area contributed by atoms with E-state index in [4.69, 9.17) is 4.74 Å². The van der Waals surface area contributed by atoms with Gasteiger partial charge >= 0.3 is 6.09 Å². The van der Waals surface area contributed by atoms with E-state index in [1.807, 2.05) is 27.7 Å². The summed E-state index contributed by atoms with van der Waals surface area (Å²) in [7, 11) is -3.56. The van der Waals surface area contributed by atoms with E-state index in [0.29, 0.717) is 11.9 Å². The summed E-state index contributed by atoms with van der Waals surface area (Å²) < 4.78 is 32.5. The van der Waals surface area contributed by atoms with Crippen LogP contribution in [-0.2, 0) is 20.1 Å². The molecule has 0 aliphatic carbocycles. The molecule has 1 aliphatic heterocycles. The highest BCUT2D eigenvalue weighted by atomic mass is 79.9. The second-order valence-corrected chi connectivity index (χ2v) is 9.66. The number of piperazine rings is 1. The van der Waals surface area contributed by atoms with Crippen LogP contribution in [-0.4, -0.2) is 55.0 Å². The van der Waals surface area contributed by atoms with Crippen molar-refractivity contribution in [2.75, 3.05) is 19.6 Å². The first-order valence-corrected chi connectivity index (χ1v) is 10.8. The van der Waals surface area contributed by atoms with Gasteiger partial charge in [0.25, 0.3) is 0 Å². The summed E-state index contributed by atoms with van der Waals surface area (Å²) in [5, 5.41) is 0.679. The number of carbonyl (C=O) groups is 1. The van der Waals surface area contributed by atoms with E-state index in [0.717, 1.165) is 5.56 Å². The largest absolute Gasteiger partial charge is 0.444 e. The molecule has 1 fully saturated rings. The van der Waals surface area contributed by atoms with Gasteiger partial charge < -0.3 is 9.64 Å². The molecule has 2 rings (SSSR count). The third-order valence-electron chi connectivity index (χ3n) is 3.93. The van der Waals surface area contributed by atoms with Crippen molar-refractivity contribution in [2.45, 2.75) is 49.6 Å². The lowest BCUT2D eigenvalue weighted by Crippen LogP contribution is -2.56.